The summed E-state index contributed by atoms with van der Waals surface area (Å²) in [5, 5.41) is 9.68. The summed E-state index contributed by atoms with van der Waals surface area (Å²) in [7, 11) is 1.23. The maximum atomic E-state index is 11.6. The van der Waals surface area contributed by atoms with Crippen molar-refractivity contribution in [3.8, 4) is 5.75 Å². The van der Waals surface area contributed by atoms with Gasteiger partial charge in [0.2, 0.25) is 0 Å². The average Bonchev–Trinajstić information content (AvgIpc) is 2.27. The maximum Gasteiger partial charge on any atom is 0.354 e. The quantitative estimate of drug-likeness (QED) is 0.702. The lowest BCUT2D eigenvalue weighted by Crippen LogP contribution is -2.11. The summed E-state index contributed by atoms with van der Waals surface area (Å²) in [6.45, 7) is 0. The predicted octanol–water partition coefficient (Wildman–Crippen LogP) is 1.02. The van der Waals surface area contributed by atoms with Crippen molar-refractivity contribution in [2.75, 3.05) is 7.11 Å². The van der Waals surface area contributed by atoms with E-state index in [2.05, 4.69) is 9.72 Å². The van der Waals surface area contributed by atoms with E-state index in [1.54, 1.807) is 0 Å². The van der Waals surface area contributed by atoms with Crippen molar-refractivity contribution in [3.63, 3.8) is 0 Å². The summed E-state index contributed by atoms with van der Waals surface area (Å²) in [6.07, 6.45) is 0. The predicted molar refractivity (Wildman–Crippen MR) is 57.6 cm³/mol. The Morgan fingerprint density at radius 1 is 1.38 bits per heavy atom. The highest BCUT2D eigenvalue weighted by atomic mass is 16.5. The van der Waals surface area contributed by atoms with E-state index in [1.165, 1.54) is 31.4 Å². The fourth-order valence-electron chi connectivity index (χ4n) is 1.46. The Hall–Kier alpha value is -2.30. The van der Waals surface area contributed by atoms with Gasteiger partial charge in [0.05, 0.1) is 12.6 Å². The number of ether oxygens (including phenoxy) is 1. The number of rotatable bonds is 1. The van der Waals surface area contributed by atoms with Crippen LogP contribution in [0.25, 0.3) is 10.9 Å². The van der Waals surface area contributed by atoms with Gasteiger partial charge in [0.15, 0.2) is 5.43 Å². The summed E-state index contributed by atoms with van der Waals surface area (Å²) < 4.78 is 4.50. The molecule has 0 bridgehead atoms. The highest BCUT2D eigenvalue weighted by Crippen LogP contribution is 2.15. The third-order valence-electron chi connectivity index (χ3n) is 2.22. The topological polar surface area (TPSA) is 79.4 Å². The van der Waals surface area contributed by atoms with Gasteiger partial charge in [-0.1, -0.05) is 0 Å². The fraction of sp³-hybridized carbons (Fsp3) is 0.0909. The minimum absolute atomic E-state index is 0.0187. The van der Waals surface area contributed by atoms with Gasteiger partial charge in [0.1, 0.15) is 11.4 Å². The van der Waals surface area contributed by atoms with Gasteiger partial charge in [-0.25, -0.2) is 4.79 Å². The van der Waals surface area contributed by atoms with Crippen LogP contribution in [0.4, 0.5) is 0 Å². The van der Waals surface area contributed by atoms with Crippen LogP contribution in [0.3, 0.4) is 0 Å². The highest BCUT2D eigenvalue weighted by molar-refractivity contribution is 5.91. The number of hydrogen-bond acceptors (Lipinski definition) is 4. The van der Waals surface area contributed by atoms with Crippen LogP contribution in [0, 0.1) is 0 Å². The SMILES string of the molecule is COC(=O)c1cc(=O)c2ccc(O)cc2[nH]1. The molecule has 0 spiro atoms. The number of phenols is 1. The summed E-state index contributed by atoms with van der Waals surface area (Å²) in [5.74, 6) is -0.604. The molecule has 82 valence electrons. The van der Waals surface area contributed by atoms with Crippen LogP contribution >= 0.6 is 0 Å². The molecule has 0 radical (unpaired) electrons. The first-order valence-electron chi connectivity index (χ1n) is 4.56. The first-order chi connectivity index (χ1) is 7.61. The van der Waals surface area contributed by atoms with E-state index in [1.807, 2.05) is 0 Å². The zero-order valence-corrected chi connectivity index (χ0v) is 8.48. The van der Waals surface area contributed by atoms with Crippen molar-refractivity contribution in [1.29, 1.82) is 0 Å². The lowest BCUT2D eigenvalue weighted by molar-refractivity contribution is 0.0594. The van der Waals surface area contributed by atoms with Gasteiger partial charge >= 0.3 is 5.97 Å². The highest BCUT2D eigenvalue weighted by Gasteiger charge is 2.09. The van der Waals surface area contributed by atoms with Crippen molar-refractivity contribution in [3.05, 3.63) is 40.2 Å². The fourth-order valence-corrected chi connectivity index (χ4v) is 1.46. The third kappa shape index (κ3) is 1.63. The molecular formula is C11H9NO4. The van der Waals surface area contributed by atoms with Gasteiger partial charge < -0.3 is 14.8 Å². The standard InChI is InChI=1S/C11H9NO4/c1-16-11(15)9-5-10(14)7-3-2-6(13)4-8(7)12-9/h2-5,13H,1H3,(H,12,14). The first kappa shape index (κ1) is 10.2. The van der Waals surface area contributed by atoms with Crippen LogP contribution in [-0.4, -0.2) is 23.2 Å². The van der Waals surface area contributed by atoms with Crippen molar-refractivity contribution in [2.24, 2.45) is 0 Å². The zero-order valence-electron chi connectivity index (χ0n) is 8.48. The smallest absolute Gasteiger partial charge is 0.354 e. The minimum atomic E-state index is -0.623. The second-order valence-corrected chi connectivity index (χ2v) is 3.27. The van der Waals surface area contributed by atoms with Gasteiger partial charge in [0.25, 0.3) is 0 Å². The van der Waals surface area contributed by atoms with Crippen LogP contribution in [0.15, 0.2) is 29.1 Å². The van der Waals surface area contributed by atoms with E-state index in [-0.39, 0.29) is 16.9 Å². The minimum Gasteiger partial charge on any atom is -0.508 e. The Kier molecular flexibility index (Phi) is 2.36. The van der Waals surface area contributed by atoms with Gasteiger partial charge in [-0.3, -0.25) is 4.79 Å². The summed E-state index contributed by atoms with van der Waals surface area (Å²) in [5.41, 5.74) is 0.160. The number of phenolic OH excluding ortho intramolecular Hbond substituents is 1. The molecule has 0 saturated heterocycles. The maximum absolute atomic E-state index is 11.6. The number of aromatic hydroxyl groups is 1. The number of fused-ring (bicyclic) bond motifs is 1. The molecule has 0 aliphatic carbocycles. The summed E-state index contributed by atoms with van der Waals surface area (Å²) in [6, 6.07) is 5.45. The number of H-pyrrole nitrogens is 1. The lowest BCUT2D eigenvalue weighted by Gasteiger charge is -2.02. The van der Waals surface area contributed by atoms with Crippen LogP contribution in [0.1, 0.15) is 10.5 Å². The molecule has 0 amide bonds. The first-order valence-corrected chi connectivity index (χ1v) is 4.56. The summed E-state index contributed by atoms with van der Waals surface area (Å²) >= 11 is 0. The van der Waals surface area contributed by atoms with E-state index in [0.717, 1.165) is 0 Å². The number of aromatic amines is 1. The van der Waals surface area contributed by atoms with Gasteiger partial charge in [0, 0.05) is 17.5 Å². The molecule has 0 unspecified atom stereocenters. The second-order valence-electron chi connectivity index (χ2n) is 3.27. The molecule has 0 saturated carbocycles. The molecule has 0 aliphatic rings. The van der Waals surface area contributed by atoms with E-state index < -0.39 is 5.97 Å². The number of aromatic nitrogens is 1. The Morgan fingerprint density at radius 3 is 2.81 bits per heavy atom. The summed E-state index contributed by atoms with van der Waals surface area (Å²) in [4.78, 5) is 25.6. The number of carbonyl (C=O) groups excluding carboxylic acids is 1. The molecule has 0 fully saturated rings. The van der Waals surface area contributed by atoms with Crippen molar-refractivity contribution in [1.82, 2.24) is 4.98 Å². The second kappa shape index (κ2) is 3.69. The molecule has 2 aromatic rings. The van der Waals surface area contributed by atoms with Crippen molar-refractivity contribution < 1.29 is 14.6 Å². The molecule has 0 aliphatic heterocycles. The Bertz CT molecular complexity index is 615. The Labute approximate surface area is 90.3 Å². The molecule has 1 aromatic carbocycles. The molecule has 5 nitrogen and oxygen atoms in total. The molecule has 5 heteroatoms. The molecule has 2 rings (SSSR count). The van der Waals surface area contributed by atoms with E-state index in [4.69, 9.17) is 0 Å². The monoisotopic (exact) mass is 219 g/mol. The number of hydrogen-bond donors (Lipinski definition) is 2. The molecule has 1 aromatic heterocycles. The van der Waals surface area contributed by atoms with Crippen molar-refractivity contribution >= 4 is 16.9 Å². The van der Waals surface area contributed by atoms with Crippen LogP contribution in [0.2, 0.25) is 0 Å². The Morgan fingerprint density at radius 2 is 2.12 bits per heavy atom. The molecule has 2 N–H and O–H groups in total. The van der Waals surface area contributed by atoms with Crippen molar-refractivity contribution in [2.45, 2.75) is 0 Å². The third-order valence-corrected chi connectivity index (χ3v) is 2.22. The van der Waals surface area contributed by atoms with E-state index in [0.29, 0.717) is 10.9 Å². The van der Waals surface area contributed by atoms with Gasteiger partial charge in [-0.2, -0.15) is 0 Å². The van der Waals surface area contributed by atoms with Crippen LogP contribution in [0.5, 0.6) is 5.75 Å². The average molecular weight is 219 g/mol. The zero-order chi connectivity index (χ0) is 11.7. The number of benzene rings is 1. The van der Waals surface area contributed by atoms with E-state index >= 15 is 0 Å². The number of pyridine rings is 1. The molecular weight excluding hydrogens is 210 g/mol. The van der Waals surface area contributed by atoms with E-state index in [9.17, 15) is 14.7 Å². The lowest BCUT2D eigenvalue weighted by atomic mass is 10.2. The Balaban J connectivity index is 2.75. The number of esters is 1. The molecule has 0 atom stereocenters. The number of carbonyl (C=O) groups is 1. The molecule has 16 heavy (non-hydrogen) atoms. The van der Waals surface area contributed by atoms with Crippen LogP contribution < -0.4 is 5.43 Å². The number of methoxy groups -OCH3 is 1. The van der Waals surface area contributed by atoms with Gasteiger partial charge in [-0.05, 0) is 12.1 Å². The number of nitrogens with one attached hydrogen (secondary N) is 1. The molecule has 1 heterocycles. The van der Waals surface area contributed by atoms with Gasteiger partial charge in [-0.15, -0.1) is 0 Å². The van der Waals surface area contributed by atoms with Crippen LogP contribution in [-0.2, 0) is 4.74 Å². The normalized spacial score (nSPS) is 10.3. The largest absolute Gasteiger partial charge is 0.508 e.